The van der Waals surface area contributed by atoms with Gasteiger partial charge in [-0.2, -0.15) is 0 Å². The molecule has 0 fully saturated rings. The zero-order chi connectivity index (χ0) is 12.5. The molecule has 0 aromatic heterocycles. The van der Waals surface area contributed by atoms with E-state index in [1.54, 1.807) is 7.11 Å². The van der Waals surface area contributed by atoms with Crippen molar-refractivity contribution in [1.82, 2.24) is 0 Å². The molecule has 0 unspecified atom stereocenters. The first-order valence-corrected chi connectivity index (χ1v) is 6.55. The molecule has 0 radical (unpaired) electrons. The van der Waals surface area contributed by atoms with Crippen LogP contribution in [0.3, 0.4) is 0 Å². The Balaban J connectivity index is 2.56. The number of hydrogen-bond acceptors (Lipinski definition) is 3. The molecule has 0 amide bonds. The van der Waals surface area contributed by atoms with Crippen LogP contribution in [0.5, 0.6) is 5.75 Å². The van der Waals surface area contributed by atoms with Gasteiger partial charge in [-0.15, -0.1) is 0 Å². The summed E-state index contributed by atoms with van der Waals surface area (Å²) in [6, 6.07) is 5.99. The molecule has 0 aliphatic rings. The van der Waals surface area contributed by atoms with Crippen LogP contribution in [0.25, 0.3) is 0 Å². The topological polar surface area (TPSA) is 27.7 Å². The van der Waals surface area contributed by atoms with Crippen molar-refractivity contribution in [3.05, 3.63) is 28.2 Å². The predicted molar refractivity (Wildman–Crippen MR) is 71.5 cm³/mol. The van der Waals surface area contributed by atoms with Gasteiger partial charge in [-0.05, 0) is 19.1 Å². The first-order valence-electron chi connectivity index (χ1n) is 5.75. The number of methoxy groups -OCH3 is 1. The Morgan fingerprint density at radius 3 is 2.76 bits per heavy atom. The monoisotopic (exact) mass is 302 g/mol. The van der Waals surface area contributed by atoms with Crippen LogP contribution in [-0.4, -0.2) is 26.9 Å². The molecule has 0 spiro atoms. The van der Waals surface area contributed by atoms with Gasteiger partial charge in [0.2, 0.25) is 0 Å². The highest BCUT2D eigenvalue weighted by atomic mass is 79.9. The summed E-state index contributed by atoms with van der Waals surface area (Å²) < 4.78 is 17.1. The summed E-state index contributed by atoms with van der Waals surface area (Å²) in [7, 11) is 1.69. The fraction of sp³-hybridized carbons (Fsp3) is 0.538. The molecule has 0 heterocycles. The van der Waals surface area contributed by atoms with E-state index in [9.17, 15) is 0 Å². The van der Waals surface area contributed by atoms with Gasteiger partial charge in [0.25, 0.3) is 0 Å². The maximum absolute atomic E-state index is 5.73. The molecule has 0 aliphatic carbocycles. The molecule has 0 saturated heterocycles. The van der Waals surface area contributed by atoms with Gasteiger partial charge in [0, 0.05) is 36.8 Å². The predicted octanol–water partition coefficient (Wildman–Crippen LogP) is 3.40. The number of rotatable bonds is 8. The average Bonchev–Trinajstić information content (AvgIpc) is 2.33. The lowest BCUT2D eigenvalue weighted by atomic mass is 10.2. The molecule has 0 N–H and O–H groups in total. The fourth-order valence-electron chi connectivity index (χ4n) is 1.38. The lowest BCUT2D eigenvalue weighted by Crippen LogP contribution is -2.04. The van der Waals surface area contributed by atoms with E-state index in [0.717, 1.165) is 28.8 Å². The van der Waals surface area contributed by atoms with Crippen molar-refractivity contribution in [3.63, 3.8) is 0 Å². The maximum Gasteiger partial charge on any atom is 0.125 e. The van der Waals surface area contributed by atoms with E-state index >= 15 is 0 Å². The summed E-state index contributed by atoms with van der Waals surface area (Å²) in [5.74, 6) is 0.879. The third-order valence-electron chi connectivity index (χ3n) is 2.24. The maximum atomic E-state index is 5.73. The Morgan fingerprint density at radius 2 is 2.06 bits per heavy atom. The Hall–Kier alpha value is -0.580. The van der Waals surface area contributed by atoms with Crippen molar-refractivity contribution in [2.45, 2.75) is 20.0 Å². The van der Waals surface area contributed by atoms with E-state index in [4.69, 9.17) is 14.2 Å². The Kier molecular flexibility index (Phi) is 7.24. The van der Waals surface area contributed by atoms with E-state index in [1.165, 1.54) is 0 Å². The second-order valence-corrected chi connectivity index (χ2v) is 4.50. The van der Waals surface area contributed by atoms with Crippen molar-refractivity contribution < 1.29 is 14.2 Å². The van der Waals surface area contributed by atoms with Crippen molar-refractivity contribution in [3.8, 4) is 5.75 Å². The van der Waals surface area contributed by atoms with Crippen LogP contribution in [0.1, 0.15) is 18.9 Å². The van der Waals surface area contributed by atoms with Crippen LogP contribution in [0.2, 0.25) is 0 Å². The molecule has 1 rings (SSSR count). The largest absolute Gasteiger partial charge is 0.493 e. The molecule has 0 saturated carbocycles. The lowest BCUT2D eigenvalue weighted by Gasteiger charge is -2.12. The lowest BCUT2D eigenvalue weighted by molar-refractivity contribution is 0.129. The summed E-state index contributed by atoms with van der Waals surface area (Å²) in [5.41, 5.74) is 1.08. The van der Waals surface area contributed by atoms with Crippen LogP contribution in [-0.2, 0) is 16.1 Å². The number of halogens is 1. The number of ether oxygens (including phenoxy) is 3. The quantitative estimate of drug-likeness (QED) is 0.689. The normalized spacial score (nSPS) is 10.5. The summed E-state index contributed by atoms with van der Waals surface area (Å²) in [6.45, 7) is 4.65. The molecule has 96 valence electrons. The molecule has 1 aromatic carbocycles. The molecule has 0 bridgehead atoms. The Labute approximate surface area is 111 Å². The summed E-state index contributed by atoms with van der Waals surface area (Å²) in [6.07, 6.45) is 0.886. The van der Waals surface area contributed by atoms with Gasteiger partial charge in [0.05, 0.1) is 13.2 Å². The van der Waals surface area contributed by atoms with Gasteiger partial charge in [-0.3, -0.25) is 0 Å². The second kappa shape index (κ2) is 8.50. The minimum Gasteiger partial charge on any atom is -0.493 e. The smallest absolute Gasteiger partial charge is 0.125 e. The molecule has 0 aliphatic heterocycles. The van der Waals surface area contributed by atoms with Gasteiger partial charge < -0.3 is 14.2 Å². The van der Waals surface area contributed by atoms with Gasteiger partial charge in [0.1, 0.15) is 5.75 Å². The van der Waals surface area contributed by atoms with E-state index in [2.05, 4.69) is 15.9 Å². The Bertz CT molecular complexity index is 328. The van der Waals surface area contributed by atoms with E-state index in [1.807, 2.05) is 25.1 Å². The number of hydrogen-bond donors (Lipinski definition) is 0. The standard InChI is InChI=1S/C13H19BrO3/c1-3-16-10-11-5-6-12(14)9-13(11)17-8-4-7-15-2/h5-6,9H,3-4,7-8,10H2,1-2H3. The minimum absolute atomic E-state index is 0.587. The highest BCUT2D eigenvalue weighted by molar-refractivity contribution is 9.10. The average molecular weight is 303 g/mol. The van der Waals surface area contributed by atoms with Crippen LogP contribution < -0.4 is 4.74 Å². The molecule has 1 aromatic rings. The Morgan fingerprint density at radius 1 is 1.24 bits per heavy atom. The van der Waals surface area contributed by atoms with Gasteiger partial charge >= 0.3 is 0 Å². The van der Waals surface area contributed by atoms with Gasteiger partial charge in [-0.25, -0.2) is 0 Å². The molecule has 4 heteroatoms. The molecule has 0 atom stereocenters. The molecule has 3 nitrogen and oxygen atoms in total. The van der Waals surface area contributed by atoms with Crippen LogP contribution in [0.4, 0.5) is 0 Å². The molecular formula is C13H19BrO3. The summed E-state index contributed by atoms with van der Waals surface area (Å²) in [5, 5.41) is 0. The van der Waals surface area contributed by atoms with Crippen molar-refractivity contribution in [2.75, 3.05) is 26.9 Å². The van der Waals surface area contributed by atoms with Crippen molar-refractivity contribution in [1.29, 1.82) is 0 Å². The summed E-state index contributed by atoms with van der Waals surface area (Å²) in [4.78, 5) is 0. The summed E-state index contributed by atoms with van der Waals surface area (Å²) >= 11 is 3.44. The first-order chi connectivity index (χ1) is 8.27. The van der Waals surface area contributed by atoms with Gasteiger partial charge in [0.15, 0.2) is 0 Å². The third-order valence-corrected chi connectivity index (χ3v) is 2.73. The number of benzene rings is 1. The van der Waals surface area contributed by atoms with Crippen LogP contribution in [0.15, 0.2) is 22.7 Å². The van der Waals surface area contributed by atoms with E-state index in [0.29, 0.717) is 19.8 Å². The van der Waals surface area contributed by atoms with E-state index < -0.39 is 0 Å². The zero-order valence-electron chi connectivity index (χ0n) is 10.4. The first kappa shape index (κ1) is 14.5. The zero-order valence-corrected chi connectivity index (χ0v) is 12.0. The highest BCUT2D eigenvalue weighted by Crippen LogP contribution is 2.24. The van der Waals surface area contributed by atoms with Crippen LogP contribution >= 0.6 is 15.9 Å². The molecular weight excluding hydrogens is 284 g/mol. The minimum atomic E-state index is 0.587. The SMILES string of the molecule is CCOCc1ccc(Br)cc1OCCCOC. The van der Waals surface area contributed by atoms with E-state index in [-0.39, 0.29) is 0 Å². The molecule has 17 heavy (non-hydrogen) atoms. The van der Waals surface area contributed by atoms with Gasteiger partial charge in [-0.1, -0.05) is 22.0 Å². The fourth-order valence-corrected chi connectivity index (χ4v) is 1.72. The van der Waals surface area contributed by atoms with Crippen molar-refractivity contribution >= 4 is 15.9 Å². The third kappa shape index (κ3) is 5.52. The highest BCUT2D eigenvalue weighted by Gasteiger charge is 2.04. The van der Waals surface area contributed by atoms with Crippen molar-refractivity contribution in [2.24, 2.45) is 0 Å². The van der Waals surface area contributed by atoms with Crippen LogP contribution in [0, 0.1) is 0 Å². The second-order valence-electron chi connectivity index (χ2n) is 3.58.